The van der Waals surface area contributed by atoms with Gasteiger partial charge in [0.05, 0.1) is 12.7 Å². The van der Waals surface area contributed by atoms with E-state index < -0.39 is 0 Å². The van der Waals surface area contributed by atoms with Crippen LogP contribution < -0.4 is 4.74 Å². The predicted molar refractivity (Wildman–Crippen MR) is 75.2 cm³/mol. The zero-order chi connectivity index (χ0) is 12.8. The summed E-state index contributed by atoms with van der Waals surface area (Å²) in [4.78, 5) is 0. The van der Waals surface area contributed by atoms with Gasteiger partial charge in [0.15, 0.2) is 0 Å². The maximum absolute atomic E-state index is 9.68. The molecule has 1 heterocycles. The van der Waals surface area contributed by atoms with Crippen LogP contribution in [0.25, 0.3) is 0 Å². The fourth-order valence-electron chi connectivity index (χ4n) is 1.74. The van der Waals surface area contributed by atoms with Crippen molar-refractivity contribution in [3.63, 3.8) is 0 Å². The normalized spacial score (nSPS) is 12.3. The molecule has 3 heteroatoms. The number of ether oxygens (including phenoxy) is 1. The maximum Gasteiger partial charge on any atom is 0.119 e. The number of thiophene rings is 1. The van der Waals surface area contributed by atoms with E-state index in [-0.39, 0.29) is 6.10 Å². The molecule has 0 bridgehead atoms. The van der Waals surface area contributed by atoms with Crippen LogP contribution in [0.5, 0.6) is 5.75 Å². The zero-order valence-corrected chi connectivity index (χ0v) is 11.3. The first-order valence-electron chi connectivity index (χ1n) is 6.21. The van der Waals surface area contributed by atoms with E-state index in [1.54, 1.807) is 11.3 Å². The summed E-state index contributed by atoms with van der Waals surface area (Å²) in [5.74, 6) is 0.859. The van der Waals surface area contributed by atoms with E-state index in [4.69, 9.17) is 4.74 Å². The van der Waals surface area contributed by atoms with Crippen LogP contribution in [-0.2, 0) is 6.42 Å². The molecule has 0 saturated carbocycles. The van der Waals surface area contributed by atoms with Gasteiger partial charge in [-0.05, 0) is 46.5 Å². The Labute approximate surface area is 112 Å². The molecule has 0 aliphatic rings. The molecule has 1 aromatic carbocycles. The van der Waals surface area contributed by atoms with Gasteiger partial charge in [-0.3, -0.25) is 0 Å². The Morgan fingerprint density at radius 1 is 1.22 bits per heavy atom. The first-order valence-corrected chi connectivity index (χ1v) is 7.15. The number of rotatable bonds is 6. The molecular formula is C15H18O2S. The number of hydrogen-bond donors (Lipinski definition) is 1. The molecule has 0 spiro atoms. The fraction of sp³-hybridized carbons (Fsp3) is 0.333. The highest BCUT2D eigenvalue weighted by molar-refractivity contribution is 7.07. The highest BCUT2D eigenvalue weighted by Crippen LogP contribution is 2.20. The molecule has 0 saturated heterocycles. The Balaban J connectivity index is 1.83. The lowest BCUT2D eigenvalue weighted by atomic mass is 10.1. The molecule has 0 fully saturated rings. The Morgan fingerprint density at radius 2 is 2.00 bits per heavy atom. The van der Waals surface area contributed by atoms with Crippen LogP contribution in [0, 0.1) is 0 Å². The van der Waals surface area contributed by atoms with Gasteiger partial charge in [-0.2, -0.15) is 11.3 Å². The second kappa shape index (κ2) is 6.57. The van der Waals surface area contributed by atoms with Gasteiger partial charge in [0.1, 0.15) is 5.75 Å². The quantitative estimate of drug-likeness (QED) is 0.857. The average molecular weight is 262 g/mol. The Bertz CT molecular complexity index is 448. The summed E-state index contributed by atoms with van der Waals surface area (Å²) in [6, 6.07) is 9.81. The maximum atomic E-state index is 9.68. The molecule has 1 aromatic heterocycles. The van der Waals surface area contributed by atoms with E-state index in [1.807, 2.05) is 31.2 Å². The highest BCUT2D eigenvalue weighted by Gasteiger charge is 2.04. The van der Waals surface area contributed by atoms with Crippen molar-refractivity contribution < 1.29 is 9.84 Å². The monoisotopic (exact) mass is 262 g/mol. The van der Waals surface area contributed by atoms with Crippen molar-refractivity contribution >= 4 is 11.3 Å². The molecule has 2 nitrogen and oxygen atoms in total. The summed E-state index contributed by atoms with van der Waals surface area (Å²) in [6.45, 7) is 2.66. The van der Waals surface area contributed by atoms with Gasteiger partial charge in [-0.15, -0.1) is 0 Å². The van der Waals surface area contributed by atoms with Gasteiger partial charge in [0.2, 0.25) is 0 Å². The molecule has 1 N–H and O–H groups in total. The minimum Gasteiger partial charge on any atom is -0.493 e. The second-order valence-corrected chi connectivity index (χ2v) is 5.00. The van der Waals surface area contributed by atoms with Crippen LogP contribution in [-0.4, -0.2) is 11.7 Å². The van der Waals surface area contributed by atoms with E-state index in [1.165, 1.54) is 5.56 Å². The first kappa shape index (κ1) is 13.1. The minimum absolute atomic E-state index is 0.371. The van der Waals surface area contributed by atoms with E-state index in [9.17, 15) is 5.11 Å². The number of aliphatic hydroxyl groups is 1. The third-order valence-corrected chi connectivity index (χ3v) is 3.62. The Hall–Kier alpha value is -1.32. The van der Waals surface area contributed by atoms with Crippen molar-refractivity contribution in [2.45, 2.75) is 25.9 Å². The zero-order valence-electron chi connectivity index (χ0n) is 10.5. The van der Waals surface area contributed by atoms with Gasteiger partial charge in [0.25, 0.3) is 0 Å². The Kier molecular flexibility index (Phi) is 4.79. The number of hydrogen-bond acceptors (Lipinski definition) is 3. The van der Waals surface area contributed by atoms with E-state index in [0.717, 1.165) is 24.2 Å². The standard InChI is InChI=1S/C15H18O2S/c1-2-15(16)13-3-5-14(6-4-13)17-9-7-12-8-10-18-11-12/h3-6,8,10-11,15-16H,2,7,9H2,1H3/t15-/m0/s1. The molecule has 0 radical (unpaired) electrons. The van der Waals surface area contributed by atoms with Crippen molar-refractivity contribution in [2.75, 3.05) is 6.61 Å². The first-order chi connectivity index (χ1) is 8.79. The van der Waals surface area contributed by atoms with E-state index in [2.05, 4.69) is 16.8 Å². The summed E-state index contributed by atoms with van der Waals surface area (Å²) in [5, 5.41) is 13.9. The third-order valence-electron chi connectivity index (χ3n) is 2.89. The molecule has 0 aliphatic heterocycles. The van der Waals surface area contributed by atoms with Crippen molar-refractivity contribution in [2.24, 2.45) is 0 Å². The Morgan fingerprint density at radius 3 is 2.61 bits per heavy atom. The number of aliphatic hydroxyl groups excluding tert-OH is 1. The summed E-state index contributed by atoms with van der Waals surface area (Å²) in [7, 11) is 0. The molecule has 1 atom stereocenters. The van der Waals surface area contributed by atoms with Crippen molar-refractivity contribution in [1.82, 2.24) is 0 Å². The van der Waals surface area contributed by atoms with Crippen LogP contribution in [0.3, 0.4) is 0 Å². The van der Waals surface area contributed by atoms with Crippen LogP contribution >= 0.6 is 11.3 Å². The SMILES string of the molecule is CC[C@H](O)c1ccc(OCCc2ccsc2)cc1. The summed E-state index contributed by atoms with van der Waals surface area (Å²) in [6.07, 6.45) is 1.30. The molecule has 96 valence electrons. The fourth-order valence-corrected chi connectivity index (χ4v) is 2.45. The van der Waals surface area contributed by atoms with Gasteiger partial charge in [0, 0.05) is 6.42 Å². The van der Waals surface area contributed by atoms with Gasteiger partial charge in [-0.1, -0.05) is 19.1 Å². The molecule has 18 heavy (non-hydrogen) atoms. The average Bonchev–Trinajstić information content (AvgIpc) is 2.92. The van der Waals surface area contributed by atoms with Gasteiger partial charge in [-0.25, -0.2) is 0 Å². The van der Waals surface area contributed by atoms with Crippen LogP contribution in [0.2, 0.25) is 0 Å². The summed E-state index contributed by atoms with van der Waals surface area (Å²) >= 11 is 1.71. The minimum atomic E-state index is -0.371. The van der Waals surface area contributed by atoms with Crippen LogP contribution in [0.1, 0.15) is 30.6 Å². The van der Waals surface area contributed by atoms with Gasteiger partial charge >= 0.3 is 0 Å². The molecule has 0 unspecified atom stereocenters. The van der Waals surface area contributed by atoms with Crippen LogP contribution in [0.4, 0.5) is 0 Å². The molecule has 2 rings (SSSR count). The smallest absolute Gasteiger partial charge is 0.119 e. The van der Waals surface area contributed by atoms with E-state index in [0.29, 0.717) is 6.61 Å². The summed E-state index contributed by atoms with van der Waals surface area (Å²) < 4.78 is 5.67. The molecular weight excluding hydrogens is 244 g/mol. The van der Waals surface area contributed by atoms with Crippen molar-refractivity contribution in [3.05, 3.63) is 52.2 Å². The lowest BCUT2D eigenvalue weighted by molar-refractivity contribution is 0.173. The number of benzene rings is 1. The van der Waals surface area contributed by atoms with E-state index >= 15 is 0 Å². The molecule has 2 aromatic rings. The second-order valence-electron chi connectivity index (χ2n) is 4.22. The summed E-state index contributed by atoms with van der Waals surface area (Å²) in [5.41, 5.74) is 2.26. The largest absolute Gasteiger partial charge is 0.493 e. The third kappa shape index (κ3) is 3.59. The van der Waals surface area contributed by atoms with Crippen LogP contribution in [0.15, 0.2) is 41.1 Å². The van der Waals surface area contributed by atoms with Crippen molar-refractivity contribution in [1.29, 1.82) is 0 Å². The molecule has 0 aliphatic carbocycles. The van der Waals surface area contributed by atoms with Crippen molar-refractivity contribution in [3.8, 4) is 5.75 Å². The molecule has 0 amide bonds. The lowest BCUT2D eigenvalue weighted by Gasteiger charge is -2.10. The van der Waals surface area contributed by atoms with Gasteiger partial charge < -0.3 is 9.84 Å². The topological polar surface area (TPSA) is 29.5 Å². The lowest BCUT2D eigenvalue weighted by Crippen LogP contribution is -2.01. The predicted octanol–water partition coefficient (Wildman–Crippen LogP) is 3.81. The highest BCUT2D eigenvalue weighted by atomic mass is 32.1.